The minimum absolute atomic E-state index is 0.0363. The summed E-state index contributed by atoms with van der Waals surface area (Å²) >= 11 is 6.77. The van der Waals surface area contributed by atoms with Crippen molar-refractivity contribution < 1.29 is 23.4 Å². The molecule has 2 aromatic heterocycles. The number of nitrogens with one attached hydrogen (secondary N) is 1. The van der Waals surface area contributed by atoms with E-state index in [1.165, 1.54) is 30.1 Å². The van der Waals surface area contributed by atoms with Crippen LogP contribution >= 0.6 is 22.9 Å². The molecule has 0 atom stereocenters. The van der Waals surface area contributed by atoms with Crippen molar-refractivity contribution in [3.05, 3.63) is 56.2 Å². The van der Waals surface area contributed by atoms with Gasteiger partial charge in [-0.05, 0) is 43.4 Å². The van der Waals surface area contributed by atoms with Gasteiger partial charge in [-0.25, -0.2) is 9.07 Å². The first-order valence-electron chi connectivity index (χ1n) is 10.4. The van der Waals surface area contributed by atoms with Crippen LogP contribution in [0.3, 0.4) is 0 Å². The summed E-state index contributed by atoms with van der Waals surface area (Å²) in [6.07, 6.45) is 1.75. The van der Waals surface area contributed by atoms with E-state index >= 15 is 0 Å². The maximum atomic E-state index is 15.0. The molecule has 3 heterocycles. The van der Waals surface area contributed by atoms with Gasteiger partial charge in [-0.2, -0.15) is 0 Å². The molecule has 9 nitrogen and oxygen atoms in total. The molecule has 0 spiro atoms. The quantitative estimate of drug-likeness (QED) is 0.516. The molecule has 4 rings (SSSR count). The van der Waals surface area contributed by atoms with E-state index < -0.39 is 17.5 Å². The zero-order valence-corrected chi connectivity index (χ0v) is 20.3. The second-order valence-electron chi connectivity index (χ2n) is 7.74. The van der Waals surface area contributed by atoms with Gasteiger partial charge in [0, 0.05) is 23.9 Å². The van der Waals surface area contributed by atoms with Gasteiger partial charge >= 0.3 is 4.87 Å². The lowest BCUT2D eigenvalue weighted by Gasteiger charge is -2.21. The number of benzene rings is 1. The molecule has 0 radical (unpaired) electrons. The number of nitrogens with zero attached hydrogens (tertiary/aromatic N) is 3. The van der Waals surface area contributed by atoms with Crippen molar-refractivity contribution in [3.63, 3.8) is 0 Å². The smallest absolute Gasteiger partial charge is 0.326 e. The number of carbonyl (C=O) groups is 1. The fourth-order valence-electron chi connectivity index (χ4n) is 3.57. The van der Waals surface area contributed by atoms with Crippen molar-refractivity contribution in [1.29, 1.82) is 0 Å². The second kappa shape index (κ2) is 9.79. The highest BCUT2D eigenvalue weighted by Gasteiger charge is 2.31. The highest BCUT2D eigenvalue weighted by molar-refractivity contribution is 7.13. The van der Waals surface area contributed by atoms with E-state index in [9.17, 15) is 14.0 Å². The number of anilines is 1. The number of aromatic nitrogens is 3. The van der Waals surface area contributed by atoms with E-state index in [1.807, 2.05) is 0 Å². The van der Waals surface area contributed by atoms with Gasteiger partial charge in [-0.15, -0.1) is 5.10 Å². The lowest BCUT2D eigenvalue weighted by molar-refractivity contribution is -0.148. The van der Waals surface area contributed by atoms with Crippen LogP contribution in [-0.2, 0) is 16.0 Å². The number of pyridine rings is 1. The predicted octanol–water partition coefficient (Wildman–Crippen LogP) is 3.88. The molecule has 0 aliphatic carbocycles. The normalized spacial score (nSPS) is 14.9. The van der Waals surface area contributed by atoms with Gasteiger partial charge in [0.15, 0.2) is 11.6 Å². The minimum atomic E-state index is -0.769. The maximum absolute atomic E-state index is 15.0. The number of halogens is 2. The summed E-state index contributed by atoms with van der Waals surface area (Å²) in [6, 6.07) is 4.46. The Balaban J connectivity index is 1.61. The van der Waals surface area contributed by atoms with Crippen LogP contribution in [0.4, 0.5) is 9.52 Å². The standard InChI is InChI=1S/C22H22ClFN4O5S/c1-12-10-13(17-16(31-3)5-4-15(23)18(17)24)14(11-25-12)19(29)26-20-27-28(21(30)34-20)7-6-22(2)32-8-9-33-22/h4-5,10-11H,6-9H2,1-3H3,(H,26,27,29). The number of amides is 1. The van der Waals surface area contributed by atoms with Crippen LogP contribution in [-0.4, -0.2) is 46.8 Å². The molecule has 0 bridgehead atoms. The average Bonchev–Trinajstić information content (AvgIpc) is 3.39. The van der Waals surface area contributed by atoms with Crippen molar-refractivity contribution in [2.75, 3.05) is 25.6 Å². The van der Waals surface area contributed by atoms with E-state index in [0.29, 0.717) is 25.3 Å². The van der Waals surface area contributed by atoms with Gasteiger partial charge in [0.05, 0.1) is 43.0 Å². The molecule has 1 aliphatic heterocycles. The molecule has 1 aliphatic rings. The molecule has 1 saturated heterocycles. The van der Waals surface area contributed by atoms with Gasteiger partial charge in [-0.1, -0.05) is 11.6 Å². The van der Waals surface area contributed by atoms with Gasteiger partial charge in [0.25, 0.3) is 5.91 Å². The van der Waals surface area contributed by atoms with Crippen molar-refractivity contribution in [2.45, 2.75) is 32.6 Å². The van der Waals surface area contributed by atoms with Gasteiger partial charge in [0.1, 0.15) is 5.75 Å². The van der Waals surface area contributed by atoms with Crippen molar-refractivity contribution in [1.82, 2.24) is 14.8 Å². The molecule has 1 N–H and O–H groups in total. The third-order valence-corrected chi connectivity index (χ3v) is 6.39. The third-order valence-electron chi connectivity index (χ3n) is 5.33. The lowest BCUT2D eigenvalue weighted by atomic mass is 9.98. The van der Waals surface area contributed by atoms with E-state index in [2.05, 4.69) is 15.4 Å². The summed E-state index contributed by atoms with van der Waals surface area (Å²) < 4.78 is 32.6. The summed E-state index contributed by atoms with van der Waals surface area (Å²) in [5, 5.41) is 6.78. The monoisotopic (exact) mass is 508 g/mol. The van der Waals surface area contributed by atoms with Crippen LogP contribution in [0, 0.1) is 12.7 Å². The number of methoxy groups -OCH3 is 1. The Labute approximate surface area is 203 Å². The first-order chi connectivity index (χ1) is 16.2. The van der Waals surface area contributed by atoms with Crippen LogP contribution in [0.5, 0.6) is 5.75 Å². The number of carbonyl (C=O) groups excluding carboxylic acids is 1. The van der Waals surface area contributed by atoms with E-state index in [4.69, 9.17) is 25.8 Å². The molecule has 0 saturated carbocycles. The van der Waals surface area contributed by atoms with Gasteiger partial charge in [0.2, 0.25) is 5.13 Å². The Hall–Kier alpha value is -2.86. The number of hydrogen-bond donors (Lipinski definition) is 1. The molecule has 1 aromatic carbocycles. The van der Waals surface area contributed by atoms with Crippen LogP contribution < -0.4 is 14.9 Å². The minimum Gasteiger partial charge on any atom is -0.496 e. The first-order valence-corrected chi connectivity index (χ1v) is 11.6. The van der Waals surface area contributed by atoms with E-state index in [1.54, 1.807) is 19.9 Å². The maximum Gasteiger partial charge on any atom is 0.326 e. The highest BCUT2D eigenvalue weighted by atomic mass is 35.5. The van der Waals surface area contributed by atoms with Crippen LogP contribution in [0.1, 0.15) is 29.4 Å². The topological polar surface area (TPSA) is 105 Å². The average molecular weight is 509 g/mol. The summed E-state index contributed by atoms with van der Waals surface area (Å²) in [5.74, 6) is -1.89. The number of rotatable bonds is 7. The number of ether oxygens (including phenoxy) is 3. The molecule has 1 amide bonds. The third kappa shape index (κ3) is 4.97. The largest absolute Gasteiger partial charge is 0.496 e. The predicted molar refractivity (Wildman–Crippen MR) is 125 cm³/mol. The van der Waals surface area contributed by atoms with E-state index in [-0.39, 0.29) is 44.0 Å². The van der Waals surface area contributed by atoms with Crippen molar-refractivity contribution >= 4 is 34.0 Å². The van der Waals surface area contributed by atoms with Crippen molar-refractivity contribution in [3.8, 4) is 16.9 Å². The molecule has 12 heteroatoms. The summed E-state index contributed by atoms with van der Waals surface area (Å²) in [7, 11) is 1.39. The van der Waals surface area contributed by atoms with Gasteiger partial charge in [-0.3, -0.25) is 19.9 Å². The first kappa shape index (κ1) is 24.3. The number of hydrogen-bond acceptors (Lipinski definition) is 8. The van der Waals surface area contributed by atoms with Crippen molar-refractivity contribution in [2.24, 2.45) is 0 Å². The molecular weight excluding hydrogens is 487 g/mol. The molecule has 180 valence electrons. The molecule has 0 unspecified atom stereocenters. The van der Waals surface area contributed by atoms with Crippen LogP contribution in [0.25, 0.3) is 11.1 Å². The number of aryl methyl sites for hydroxylation is 2. The Kier molecular flexibility index (Phi) is 6.99. The lowest BCUT2D eigenvalue weighted by Crippen LogP contribution is -2.29. The van der Waals surface area contributed by atoms with E-state index in [0.717, 1.165) is 11.3 Å². The highest BCUT2D eigenvalue weighted by Crippen LogP contribution is 2.38. The Morgan fingerprint density at radius 3 is 2.82 bits per heavy atom. The second-order valence-corrected chi connectivity index (χ2v) is 9.09. The van der Waals surface area contributed by atoms with Crippen LogP contribution in [0.2, 0.25) is 5.02 Å². The summed E-state index contributed by atoms with van der Waals surface area (Å²) in [5.41, 5.74) is 0.914. The fourth-order valence-corrected chi connectivity index (χ4v) is 4.42. The molecule has 3 aromatic rings. The van der Waals surface area contributed by atoms with Crippen LogP contribution in [0.15, 0.2) is 29.2 Å². The Morgan fingerprint density at radius 1 is 1.38 bits per heavy atom. The summed E-state index contributed by atoms with van der Waals surface area (Å²) in [6.45, 7) is 4.76. The molecule has 1 fully saturated rings. The fraction of sp³-hybridized carbons (Fsp3) is 0.364. The molecular formula is C22H22ClFN4O5S. The Bertz CT molecular complexity index is 1290. The zero-order chi connectivity index (χ0) is 24.5. The zero-order valence-electron chi connectivity index (χ0n) is 18.7. The summed E-state index contributed by atoms with van der Waals surface area (Å²) in [4.78, 5) is 29.3. The van der Waals surface area contributed by atoms with Gasteiger partial charge < -0.3 is 14.2 Å². The SMILES string of the molecule is COc1ccc(Cl)c(F)c1-c1cc(C)ncc1C(=O)Nc1nn(CCC2(C)OCCO2)c(=O)s1. The Morgan fingerprint density at radius 2 is 2.12 bits per heavy atom. The molecule has 34 heavy (non-hydrogen) atoms.